The van der Waals surface area contributed by atoms with Gasteiger partial charge in [-0.25, -0.2) is 14.4 Å². The Hall–Kier alpha value is -9.61. The molecule has 6 aliphatic rings. The first-order valence-corrected chi connectivity index (χ1v) is 30.6. The summed E-state index contributed by atoms with van der Waals surface area (Å²) < 4.78 is 69.2. The fourth-order valence-electron chi connectivity index (χ4n) is 10.9. The van der Waals surface area contributed by atoms with Gasteiger partial charge < -0.3 is 159 Å². The van der Waals surface area contributed by atoms with Crippen LogP contribution in [0.1, 0.15) is 22.3 Å². The first-order chi connectivity index (χ1) is 48.0. The second-order valence-corrected chi connectivity index (χ2v) is 23.5. The maximum Gasteiger partial charge on any atom is 0.330 e. The van der Waals surface area contributed by atoms with Crippen molar-refractivity contribution >= 4 is 41.9 Å². The minimum absolute atomic E-state index is 0.0896. The molecule has 20 N–H and O–H groups in total. The van der Waals surface area contributed by atoms with Crippen LogP contribution in [0.2, 0.25) is 0 Å². The number of fused-ring (bicyclic) bond motifs is 1. The molecule has 0 radical (unpaired) electrons. The van der Waals surface area contributed by atoms with Gasteiger partial charge in [-0.05, 0) is 95.6 Å². The molecule has 35 nitrogen and oxygen atoms in total. The van der Waals surface area contributed by atoms with Crippen molar-refractivity contribution in [2.24, 2.45) is 0 Å². The van der Waals surface area contributed by atoms with Gasteiger partial charge in [0.05, 0.1) is 6.61 Å². The summed E-state index contributed by atoms with van der Waals surface area (Å²) >= 11 is 0. The van der Waals surface area contributed by atoms with E-state index >= 15 is 0 Å². The van der Waals surface area contributed by atoms with Gasteiger partial charge in [0.2, 0.25) is 18.9 Å². The molecule has 4 saturated heterocycles. The van der Waals surface area contributed by atoms with E-state index in [9.17, 15) is 117 Å². The molecule has 0 spiro atoms. The van der Waals surface area contributed by atoms with Gasteiger partial charge in [0.25, 0.3) is 0 Å². The molecule has 21 atom stereocenters. The molecule has 4 aromatic carbocycles. The molecule has 0 bridgehead atoms. The number of phenols is 7. The zero-order chi connectivity index (χ0) is 72.8. The zero-order valence-corrected chi connectivity index (χ0v) is 52.1. The van der Waals surface area contributed by atoms with Crippen LogP contribution in [-0.4, -0.2) is 275 Å². The zero-order valence-electron chi connectivity index (χ0n) is 52.1. The summed E-state index contributed by atoms with van der Waals surface area (Å²) in [6.07, 6.45) is -30.8. The summed E-state index contributed by atoms with van der Waals surface area (Å²) in [6.45, 7) is -3.34. The number of allylic oxidation sites excluding steroid dienone is 2. The van der Waals surface area contributed by atoms with Gasteiger partial charge in [-0.1, -0.05) is 12.1 Å². The van der Waals surface area contributed by atoms with E-state index in [1.54, 1.807) is 0 Å². The minimum atomic E-state index is -2.27. The average molecular weight is 1420 g/mol. The molecular weight excluding hydrogens is 1350 g/mol. The third-order valence-corrected chi connectivity index (χ3v) is 16.3. The van der Waals surface area contributed by atoms with Crippen molar-refractivity contribution in [3.63, 3.8) is 0 Å². The number of phenolic OH excluding ortho intramolecular Hbond substituents is 7. The van der Waals surface area contributed by atoms with Gasteiger partial charge in [0, 0.05) is 47.6 Å². The lowest BCUT2D eigenvalue weighted by atomic mass is 9.95. The molecule has 5 aliphatic heterocycles. The molecule has 0 saturated carbocycles. The van der Waals surface area contributed by atoms with E-state index in [1.165, 1.54) is 42.5 Å². The van der Waals surface area contributed by atoms with Gasteiger partial charge in [-0.3, -0.25) is 0 Å². The molecule has 35 heteroatoms. The number of hydrogen-bond acceptors (Lipinski definition) is 35. The second-order valence-electron chi connectivity index (χ2n) is 23.5. The molecule has 101 heavy (non-hydrogen) atoms. The highest BCUT2D eigenvalue weighted by atomic mass is 16.8. The van der Waals surface area contributed by atoms with Gasteiger partial charge in [-0.2, -0.15) is 0 Å². The van der Waals surface area contributed by atoms with Crippen molar-refractivity contribution in [2.75, 3.05) is 26.4 Å². The number of carbonyl (C=O) groups is 3. The lowest BCUT2D eigenvalue weighted by molar-refractivity contribution is -0.363. The SMILES string of the molecule is O=C(C=Cc1cc(O)cc(O)c1)OCC1OC(Oc2ccc(C=CC(=O)OCC3OC(OC4=C(c5ccc(O)c(O)c5)OC5C=C(O)C=C(OC6OC(CO)C(O)C(O)C6O)C5=C4)C(OC4OC(COC(=O)C=Cc5ccc(O)c(O)c5)C(O)C(O)C4O)C(O)C3O)cc2O)C(O)C(O)C1O. The molecule has 0 aromatic heterocycles. The number of ether oxygens (including phenoxy) is 12. The van der Waals surface area contributed by atoms with Crippen molar-refractivity contribution in [2.45, 2.75) is 129 Å². The van der Waals surface area contributed by atoms with Crippen LogP contribution in [0.15, 0.2) is 132 Å². The quantitative estimate of drug-likeness (QED) is 0.0166. The maximum absolute atomic E-state index is 13.4. The van der Waals surface area contributed by atoms with E-state index < -0.39 is 214 Å². The van der Waals surface area contributed by atoms with Crippen LogP contribution < -0.4 is 4.74 Å². The van der Waals surface area contributed by atoms with Gasteiger partial charge in [0.1, 0.15) is 141 Å². The van der Waals surface area contributed by atoms with E-state index in [-0.39, 0.29) is 56.6 Å². The smallest absolute Gasteiger partial charge is 0.330 e. The third kappa shape index (κ3) is 17.4. The van der Waals surface area contributed by atoms with Crippen molar-refractivity contribution in [3.05, 3.63) is 154 Å². The van der Waals surface area contributed by atoms with Gasteiger partial charge in [-0.15, -0.1) is 0 Å². The summed E-state index contributed by atoms with van der Waals surface area (Å²) in [6, 6.07) is 13.9. The van der Waals surface area contributed by atoms with Crippen molar-refractivity contribution in [1.82, 2.24) is 0 Å². The molecule has 21 unspecified atom stereocenters. The normalized spacial score (nSPS) is 32.0. The van der Waals surface area contributed by atoms with Crippen LogP contribution >= 0.6 is 0 Å². The fraction of sp³-hybridized carbons (Fsp3) is 0.379. The highest BCUT2D eigenvalue weighted by Crippen LogP contribution is 2.43. The van der Waals surface area contributed by atoms with E-state index in [1.807, 2.05) is 0 Å². The largest absolute Gasteiger partial charge is 0.508 e. The first-order valence-electron chi connectivity index (χ1n) is 30.6. The molecular formula is C66H70O35. The molecule has 10 rings (SSSR count). The number of carbonyl (C=O) groups excluding carboxylic acids is 3. The van der Waals surface area contributed by atoms with Crippen LogP contribution in [0.4, 0.5) is 0 Å². The van der Waals surface area contributed by atoms with Crippen molar-refractivity contribution in [3.8, 4) is 46.0 Å². The van der Waals surface area contributed by atoms with E-state index in [2.05, 4.69) is 0 Å². The molecule has 5 heterocycles. The van der Waals surface area contributed by atoms with Crippen molar-refractivity contribution in [1.29, 1.82) is 0 Å². The third-order valence-electron chi connectivity index (χ3n) is 16.3. The van der Waals surface area contributed by atoms with Crippen LogP contribution in [0.5, 0.6) is 46.0 Å². The number of benzene rings is 4. The first kappa shape index (κ1) is 74.1. The predicted octanol–water partition coefficient (Wildman–Crippen LogP) is -2.61. The summed E-state index contributed by atoms with van der Waals surface area (Å²) in [5.74, 6) is -8.79. The Kier molecular flexibility index (Phi) is 23.4. The van der Waals surface area contributed by atoms with Gasteiger partial charge >= 0.3 is 17.9 Å². The Labute approximate surface area is 569 Å². The summed E-state index contributed by atoms with van der Waals surface area (Å²) in [4.78, 5) is 38.8. The molecule has 544 valence electrons. The number of rotatable bonds is 22. The number of aliphatic hydroxyl groups is 13. The predicted molar refractivity (Wildman–Crippen MR) is 332 cm³/mol. The highest BCUT2D eigenvalue weighted by Gasteiger charge is 2.53. The highest BCUT2D eigenvalue weighted by molar-refractivity contribution is 5.88. The molecule has 0 amide bonds. The fourth-order valence-corrected chi connectivity index (χ4v) is 10.9. The second kappa shape index (κ2) is 31.9. The Balaban J connectivity index is 0.874. The van der Waals surface area contributed by atoms with E-state index in [0.29, 0.717) is 0 Å². The molecule has 4 aromatic rings. The summed E-state index contributed by atoms with van der Waals surface area (Å²) in [5.41, 5.74) is 0.368. The Morgan fingerprint density at radius 2 is 0.891 bits per heavy atom. The molecule has 1 aliphatic carbocycles. The van der Waals surface area contributed by atoms with Crippen LogP contribution in [-0.2, 0) is 66.5 Å². The maximum atomic E-state index is 13.4. The standard InChI is InChI=1S/C66H70O35/c67-22-43-50(79)54(83)58(87)64(97-43)95-41-20-32(70)19-40-33(41)21-42(61(93-40)29-6-8-35(72)37(74)17-29)96-66-62(101-65-60(89)56(85)52(81)45(99-65)24-90-47(76)10-3-26-1-7-34(71)36(73)15-26)57(86)53(82)46(100-66)25-92-48(77)11-4-27-2-9-39(38(75)16-27)94-63-59(88)55(84)51(80)44(98-63)23-91-49(78)12-5-28-13-30(68)18-31(69)14-28/h1-21,40,43-46,50-60,62-75,79-89H,22-25H2. The van der Waals surface area contributed by atoms with Crippen LogP contribution in [0, 0.1) is 0 Å². The topological polar surface area (TPSA) is 567 Å². The number of hydrogen-bond donors (Lipinski definition) is 20. The number of aliphatic hydroxyl groups excluding tert-OH is 13. The average Bonchev–Trinajstić information content (AvgIpc) is 0.762. The number of esters is 3. The van der Waals surface area contributed by atoms with Crippen molar-refractivity contribution < 1.29 is 173 Å². The lowest BCUT2D eigenvalue weighted by Gasteiger charge is -2.46. The van der Waals surface area contributed by atoms with Crippen LogP contribution in [0.3, 0.4) is 0 Å². The Morgan fingerprint density at radius 1 is 0.426 bits per heavy atom. The monoisotopic (exact) mass is 1420 g/mol. The summed E-state index contributed by atoms with van der Waals surface area (Å²) in [7, 11) is 0. The van der Waals surface area contributed by atoms with Crippen LogP contribution in [0.25, 0.3) is 24.0 Å². The van der Waals surface area contributed by atoms with E-state index in [0.717, 1.165) is 85.0 Å². The van der Waals surface area contributed by atoms with Gasteiger partial charge in [0.15, 0.2) is 58.4 Å². The lowest BCUT2D eigenvalue weighted by Crippen LogP contribution is -2.64. The summed E-state index contributed by atoms with van der Waals surface area (Å²) in [5, 5.41) is 213. The Bertz CT molecular complexity index is 3860. The van der Waals surface area contributed by atoms with E-state index in [4.69, 9.17) is 56.8 Å². The number of aromatic hydroxyl groups is 7. The molecule has 4 fully saturated rings. The Morgan fingerprint density at radius 3 is 1.44 bits per heavy atom. The minimum Gasteiger partial charge on any atom is -0.508 e.